The maximum absolute atomic E-state index is 12.4. The molecule has 0 aliphatic carbocycles. The van der Waals surface area contributed by atoms with Crippen molar-refractivity contribution in [3.05, 3.63) is 35.0 Å². The predicted molar refractivity (Wildman–Crippen MR) is 79.1 cm³/mol. The summed E-state index contributed by atoms with van der Waals surface area (Å²) in [6, 6.07) is 3.86. The summed E-state index contributed by atoms with van der Waals surface area (Å²) in [4.78, 5) is -0.0145. The molecule has 0 fully saturated rings. The van der Waals surface area contributed by atoms with Crippen LogP contribution in [0.3, 0.4) is 0 Å². The molecule has 0 atom stereocenters. The number of rotatable bonds is 3. The van der Waals surface area contributed by atoms with Gasteiger partial charge in [0.05, 0.1) is 5.69 Å². The van der Waals surface area contributed by atoms with Gasteiger partial charge in [-0.15, -0.1) is 0 Å². The Bertz CT molecular complexity index is 740. The fraction of sp³-hybridized carbons (Fsp3) is 0.308. The number of aryl methyl sites for hydroxylation is 4. The van der Waals surface area contributed by atoms with Crippen molar-refractivity contribution in [2.24, 2.45) is 7.05 Å². The summed E-state index contributed by atoms with van der Waals surface area (Å²) < 4.78 is 28.7. The molecule has 6 nitrogen and oxygen atoms in total. The molecular weight excluding hydrogens is 276 g/mol. The summed E-state index contributed by atoms with van der Waals surface area (Å²) >= 11 is 0. The first-order valence-electron chi connectivity index (χ1n) is 6.10. The Hall–Kier alpha value is -2.02. The van der Waals surface area contributed by atoms with Crippen LogP contribution in [0.4, 0.5) is 11.5 Å². The Morgan fingerprint density at radius 3 is 2.20 bits per heavy atom. The highest BCUT2D eigenvalue weighted by Crippen LogP contribution is 2.26. The quantitative estimate of drug-likeness (QED) is 0.902. The van der Waals surface area contributed by atoms with Crippen molar-refractivity contribution in [2.45, 2.75) is 25.7 Å². The number of nitrogen functional groups attached to an aromatic ring is 1. The van der Waals surface area contributed by atoms with Gasteiger partial charge in [-0.1, -0.05) is 17.7 Å². The van der Waals surface area contributed by atoms with Gasteiger partial charge < -0.3 is 5.73 Å². The number of hydrogen-bond donors (Lipinski definition) is 2. The number of benzene rings is 1. The maximum Gasteiger partial charge on any atom is 0.267 e. The first-order chi connectivity index (χ1) is 9.20. The van der Waals surface area contributed by atoms with Gasteiger partial charge in [0.2, 0.25) is 0 Å². The number of nitrogens with one attached hydrogen (secondary N) is 1. The minimum absolute atomic E-state index is 0.0117. The molecule has 0 amide bonds. The predicted octanol–water partition coefficient (Wildman–Crippen LogP) is 1.73. The van der Waals surface area contributed by atoms with E-state index in [2.05, 4.69) is 9.82 Å². The lowest BCUT2D eigenvalue weighted by atomic mass is 10.1. The highest BCUT2D eigenvalue weighted by atomic mass is 32.2. The van der Waals surface area contributed by atoms with E-state index in [9.17, 15) is 8.42 Å². The fourth-order valence-electron chi connectivity index (χ4n) is 2.22. The topological polar surface area (TPSA) is 90.0 Å². The molecule has 0 aliphatic heterocycles. The maximum atomic E-state index is 12.4. The molecule has 0 radical (unpaired) electrons. The van der Waals surface area contributed by atoms with Crippen LogP contribution >= 0.6 is 0 Å². The highest BCUT2D eigenvalue weighted by molar-refractivity contribution is 7.92. The van der Waals surface area contributed by atoms with Crippen LogP contribution in [0.1, 0.15) is 16.7 Å². The molecule has 1 aromatic heterocycles. The molecule has 20 heavy (non-hydrogen) atoms. The van der Waals surface area contributed by atoms with Crippen molar-refractivity contribution in [1.29, 1.82) is 0 Å². The van der Waals surface area contributed by atoms with Crippen molar-refractivity contribution in [2.75, 3.05) is 10.5 Å². The van der Waals surface area contributed by atoms with Gasteiger partial charge in [0.25, 0.3) is 10.0 Å². The van der Waals surface area contributed by atoms with E-state index in [1.165, 1.54) is 10.9 Å². The lowest BCUT2D eigenvalue weighted by Gasteiger charge is -2.13. The van der Waals surface area contributed by atoms with Crippen LogP contribution in [0, 0.1) is 20.8 Å². The van der Waals surface area contributed by atoms with Crippen molar-refractivity contribution in [3.63, 3.8) is 0 Å². The van der Waals surface area contributed by atoms with E-state index >= 15 is 0 Å². The van der Waals surface area contributed by atoms with E-state index in [1.54, 1.807) is 7.05 Å². The Labute approximate surface area is 118 Å². The standard InChI is InChI=1S/C13H18N4O2S/c1-8-5-9(2)12(10(3)6-8)16-20(18,19)11-7-17(4)15-13(11)14/h5-7,16H,1-4H3,(H2,14,15). The van der Waals surface area contributed by atoms with Gasteiger partial charge in [-0.05, 0) is 31.9 Å². The third-order valence-electron chi connectivity index (χ3n) is 3.02. The second kappa shape index (κ2) is 4.82. The van der Waals surface area contributed by atoms with E-state index in [4.69, 9.17) is 5.73 Å². The largest absolute Gasteiger partial charge is 0.381 e. The van der Waals surface area contributed by atoms with Crippen LogP contribution in [0.15, 0.2) is 23.2 Å². The second-order valence-electron chi connectivity index (χ2n) is 4.93. The fourth-order valence-corrected chi connectivity index (χ4v) is 3.53. The average molecular weight is 294 g/mol. The first-order valence-corrected chi connectivity index (χ1v) is 7.59. The normalized spacial score (nSPS) is 11.6. The molecule has 0 saturated heterocycles. The minimum Gasteiger partial charge on any atom is -0.381 e. The lowest BCUT2D eigenvalue weighted by molar-refractivity contribution is 0.601. The first kappa shape index (κ1) is 14.4. The number of nitrogens with two attached hydrogens (primary N) is 1. The summed E-state index contributed by atoms with van der Waals surface area (Å²) in [5, 5.41) is 3.85. The van der Waals surface area contributed by atoms with E-state index < -0.39 is 10.0 Å². The molecule has 0 saturated carbocycles. The van der Waals surface area contributed by atoms with Crippen LogP contribution < -0.4 is 10.5 Å². The monoisotopic (exact) mass is 294 g/mol. The number of anilines is 2. The average Bonchev–Trinajstić information content (AvgIpc) is 2.64. The summed E-state index contributed by atoms with van der Waals surface area (Å²) in [6.07, 6.45) is 1.39. The molecule has 108 valence electrons. The zero-order valence-corrected chi connectivity index (χ0v) is 12.7. The Kier molecular flexibility index (Phi) is 3.47. The Morgan fingerprint density at radius 1 is 1.20 bits per heavy atom. The van der Waals surface area contributed by atoms with Gasteiger partial charge in [-0.2, -0.15) is 5.10 Å². The summed E-state index contributed by atoms with van der Waals surface area (Å²) in [7, 11) is -2.12. The van der Waals surface area contributed by atoms with Crippen molar-refractivity contribution >= 4 is 21.5 Å². The summed E-state index contributed by atoms with van der Waals surface area (Å²) in [6.45, 7) is 5.70. The lowest BCUT2D eigenvalue weighted by Crippen LogP contribution is -2.15. The van der Waals surface area contributed by atoms with Gasteiger partial charge in [0.1, 0.15) is 4.90 Å². The SMILES string of the molecule is Cc1cc(C)c(NS(=O)(=O)c2cn(C)nc2N)c(C)c1. The third-order valence-corrected chi connectivity index (χ3v) is 4.39. The smallest absolute Gasteiger partial charge is 0.267 e. The summed E-state index contributed by atoms with van der Waals surface area (Å²) in [5.41, 5.74) is 9.04. The molecule has 0 unspecified atom stereocenters. The number of aromatic nitrogens is 2. The molecule has 0 spiro atoms. The second-order valence-corrected chi connectivity index (χ2v) is 6.58. The minimum atomic E-state index is -3.74. The van der Waals surface area contributed by atoms with Crippen LogP contribution in [0.25, 0.3) is 0 Å². The molecule has 1 aromatic carbocycles. The van der Waals surface area contributed by atoms with Gasteiger partial charge >= 0.3 is 0 Å². The molecule has 0 aliphatic rings. The van der Waals surface area contributed by atoms with E-state index in [0.717, 1.165) is 16.7 Å². The molecular formula is C13H18N4O2S. The Morgan fingerprint density at radius 2 is 1.75 bits per heavy atom. The number of hydrogen-bond acceptors (Lipinski definition) is 4. The van der Waals surface area contributed by atoms with E-state index in [1.807, 2.05) is 32.9 Å². The molecule has 0 bridgehead atoms. The highest BCUT2D eigenvalue weighted by Gasteiger charge is 2.22. The van der Waals surface area contributed by atoms with Crippen LogP contribution in [0.5, 0.6) is 0 Å². The Balaban J connectivity index is 2.46. The molecule has 2 rings (SSSR count). The molecule has 1 heterocycles. The molecule has 2 aromatic rings. The zero-order chi connectivity index (χ0) is 15.1. The van der Waals surface area contributed by atoms with Gasteiger partial charge in [0, 0.05) is 13.2 Å². The van der Waals surface area contributed by atoms with Crippen LogP contribution in [-0.2, 0) is 17.1 Å². The number of sulfonamides is 1. The van der Waals surface area contributed by atoms with Crippen molar-refractivity contribution in [1.82, 2.24) is 9.78 Å². The van der Waals surface area contributed by atoms with E-state index in [0.29, 0.717) is 5.69 Å². The van der Waals surface area contributed by atoms with E-state index in [-0.39, 0.29) is 10.7 Å². The van der Waals surface area contributed by atoms with Gasteiger partial charge in [-0.25, -0.2) is 8.42 Å². The summed E-state index contributed by atoms with van der Waals surface area (Å²) in [5.74, 6) is -0.0117. The van der Waals surface area contributed by atoms with Crippen molar-refractivity contribution < 1.29 is 8.42 Å². The molecule has 3 N–H and O–H groups in total. The van der Waals surface area contributed by atoms with Crippen LogP contribution in [0.2, 0.25) is 0 Å². The van der Waals surface area contributed by atoms with Gasteiger partial charge in [-0.3, -0.25) is 9.40 Å². The third kappa shape index (κ3) is 2.62. The molecule has 7 heteroatoms. The number of nitrogens with zero attached hydrogens (tertiary/aromatic N) is 2. The van der Waals surface area contributed by atoms with Gasteiger partial charge in [0.15, 0.2) is 5.82 Å². The van der Waals surface area contributed by atoms with Crippen LogP contribution in [-0.4, -0.2) is 18.2 Å². The van der Waals surface area contributed by atoms with Crippen molar-refractivity contribution in [3.8, 4) is 0 Å². The zero-order valence-electron chi connectivity index (χ0n) is 11.9.